The first-order chi connectivity index (χ1) is 9.76. The molecule has 0 radical (unpaired) electrons. The van der Waals surface area contributed by atoms with Crippen LogP contribution in [0, 0.1) is 0 Å². The maximum absolute atomic E-state index is 12.1. The zero-order valence-corrected chi connectivity index (χ0v) is 12.3. The van der Waals surface area contributed by atoms with Crippen LogP contribution in [-0.2, 0) is 14.3 Å². The maximum Gasteiger partial charge on any atom is 0.328 e. The third-order valence-electron chi connectivity index (χ3n) is 3.39. The summed E-state index contributed by atoms with van der Waals surface area (Å²) in [6.07, 6.45) is 1.67. The van der Waals surface area contributed by atoms with Crippen molar-refractivity contribution in [2.75, 3.05) is 20.2 Å². The molecule has 8 heteroatoms. The highest BCUT2D eigenvalue weighted by atomic mass is 16.5. The number of carboxylic acid groups (broad SMARTS) is 1. The lowest BCUT2D eigenvalue weighted by molar-refractivity contribution is -0.147. The van der Waals surface area contributed by atoms with Gasteiger partial charge in [0.1, 0.15) is 6.04 Å². The van der Waals surface area contributed by atoms with Gasteiger partial charge in [0.15, 0.2) is 0 Å². The topological polar surface area (TPSA) is 116 Å². The number of urea groups is 1. The summed E-state index contributed by atoms with van der Waals surface area (Å²) in [5.74, 6) is -1.62. The first-order valence-electron chi connectivity index (χ1n) is 6.83. The molecule has 0 bridgehead atoms. The minimum absolute atomic E-state index is 0.206. The Morgan fingerprint density at radius 2 is 2.05 bits per heavy atom. The molecular weight excluding hydrogens is 280 g/mol. The average Bonchev–Trinajstić information content (AvgIpc) is 2.42. The van der Waals surface area contributed by atoms with Crippen LogP contribution in [0.15, 0.2) is 0 Å². The maximum atomic E-state index is 12.1. The molecule has 2 unspecified atom stereocenters. The average molecular weight is 302 g/mol. The molecule has 0 aliphatic carbocycles. The van der Waals surface area contributed by atoms with Crippen molar-refractivity contribution >= 4 is 18.0 Å². The fraction of sp³-hybridized carbons (Fsp3) is 0.769. The van der Waals surface area contributed by atoms with Crippen LogP contribution in [0.4, 0.5) is 4.79 Å². The summed E-state index contributed by atoms with van der Waals surface area (Å²) >= 11 is 0. The number of rotatable bonds is 5. The summed E-state index contributed by atoms with van der Waals surface area (Å²) in [4.78, 5) is 35.7. The van der Waals surface area contributed by atoms with Crippen LogP contribution in [0.2, 0.25) is 0 Å². The summed E-state index contributed by atoms with van der Waals surface area (Å²) in [7, 11) is 1.27. The summed E-state index contributed by atoms with van der Waals surface area (Å²) in [5.41, 5.74) is -1.54. The van der Waals surface area contributed by atoms with Crippen molar-refractivity contribution < 1.29 is 29.3 Å². The molecule has 2 amide bonds. The summed E-state index contributed by atoms with van der Waals surface area (Å²) in [5, 5.41) is 21.0. The van der Waals surface area contributed by atoms with Gasteiger partial charge in [-0.15, -0.1) is 0 Å². The minimum atomic E-state index is -1.54. The lowest BCUT2D eigenvalue weighted by Gasteiger charge is -2.34. The molecule has 1 heterocycles. The lowest BCUT2D eigenvalue weighted by atomic mass is 10.0. The lowest BCUT2D eigenvalue weighted by Crippen LogP contribution is -2.54. The Morgan fingerprint density at radius 1 is 1.38 bits per heavy atom. The van der Waals surface area contributed by atoms with Gasteiger partial charge in [-0.05, 0) is 26.2 Å². The molecule has 1 aliphatic heterocycles. The van der Waals surface area contributed by atoms with Gasteiger partial charge in [0, 0.05) is 13.1 Å². The molecule has 1 saturated heterocycles. The van der Waals surface area contributed by atoms with E-state index < -0.39 is 36.0 Å². The summed E-state index contributed by atoms with van der Waals surface area (Å²) in [6.45, 7) is 1.55. The van der Waals surface area contributed by atoms with Gasteiger partial charge in [0.25, 0.3) is 0 Å². The van der Waals surface area contributed by atoms with Crippen LogP contribution in [0.1, 0.15) is 32.6 Å². The van der Waals surface area contributed by atoms with E-state index in [1.807, 2.05) is 0 Å². The number of likely N-dealkylation sites (tertiary alicyclic amines) is 1. The molecule has 2 atom stereocenters. The predicted octanol–water partition coefficient (Wildman–Crippen LogP) is -0.0508. The van der Waals surface area contributed by atoms with Crippen molar-refractivity contribution in [2.24, 2.45) is 0 Å². The molecule has 120 valence electrons. The Hall–Kier alpha value is -1.83. The zero-order valence-electron chi connectivity index (χ0n) is 12.3. The van der Waals surface area contributed by atoms with Gasteiger partial charge in [-0.25, -0.2) is 9.59 Å². The van der Waals surface area contributed by atoms with E-state index in [9.17, 15) is 19.5 Å². The molecule has 0 spiro atoms. The smallest absolute Gasteiger partial charge is 0.328 e. The molecule has 21 heavy (non-hydrogen) atoms. The molecule has 0 saturated carbocycles. The number of esters is 1. The molecule has 1 aliphatic rings. The highest BCUT2D eigenvalue weighted by molar-refractivity contribution is 5.84. The van der Waals surface area contributed by atoms with Crippen molar-refractivity contribution in [3.05, 3.63) is 0 Å². The zero-order chi connectivity index (χ0) is 16.0. The van der Waals surface area contributed by atoms with E-state index in [0.717, 1.165) is 12.8 Å². The Morgan fingerprint density at radius 3 is 2.62 bits per heavy atom. The van der Waals surface area contributed by atoms with Gasteiger partial charge in [-0.3, -0.25) is 4.79 Å². The highest BCUT2D eigenvalue weighted by Gasteiger charge is 2.34. The number of aliphatic hydroxyl groups is 1. The Bertz CT molecular complexity index is 409. The number of hydrogen-bond donors (Lipinski definition) is 3. The van der Waals surface area contributed by atoms with E-state index in [-0.39, 0.29) is 6.54 Å². The second kappa shape index (κ2) is 7.26. The van der Waals surface area contributed by atoms with Crippen molar-refractivity contribution in [3.8, 4) is 0 Å². The second-order valence-electron chi connectivity index (χ2n) is 5.45. The number of hydrogen-bond acceptors (Lipinski definition) is 5. The number of aliphatic carboxylic acids is 1. The van der Waals surface area contributed by atoms with Gasteiger partial charge >= 0.3 is 18.0 Å². The fourth-order valence-corrected chi connectivity index (χ4v) is 2.31. The fourth-order valence-electron chi connectivity index (χ4n) is 2.31. The summed E-state index contributed by atoms with van der Waals surface area (Å²) in [6, 6.07) is -1.14. The number of ether oxygens (including phenoxy) is 1. The first-order valence-corrected chi connectivity index (χ1v) is 6.83. The highest BCUT2D eigenvalue weighted by Crippen LogP contribution is 2.18. The normalized spacial score (nSPS) is 21.3. The number of carbonyl (C=O) groups excluding carboxylic acids is 2. The third-order valence-corrected chi connectivity index (χ3v) is 3.39. The van der Waals surface area contributed by atoms with Crippen LogP contribution in [0.5, 0.6) is 0 Å². The van der Waals surface area contributed by atoms with Crippen molar-refractivity contribution in [1.29, 1.82) is 0 Å². The molecule has 1 fully saturated rings. The van der Waals surface area contributed by atoms with Crippen LogP contribution in [0.3, 0.4) is 0 Å². The largest absolute Gasteiger partial charge is 0.481 e. The van der Waals surface area contributed by atoms with E-state index in [1.165, 1.54) is 18.9 Å². The Kier molecular flexibility index (Phi) is 5.95. The van der Waals surface area contributed by atoms with Gasteiger partial charge in [0.2, 0.25) is 0 Å². The van der Waals surface area contributed by atoms with Gasteiger partial charge in [0.05, 0.1) is 19.1 Å². The molecular formula is C13H22N2O6. The molecule has 0 aromatic heterocycles. The number of amides is 2. The number of methoxy groups -OCH3 is 1. The van der Waals surface area contributed by atoms with Gasteiger partial charge in [-0.2, -0.15) is 0 Å². The number of piperidine rings is 1. The van der Waals surface area contributed by atoms with Gasteiger partial charge < -0.3 is 25.2 Å². The van der Waals surface area contributed by atoms with Crippen molar-refractivity contribution in [1.82, 2.24) is 10.2 Å². The monoisotopic (exact) mass is 302 g/mol. The predicted molar refractivity (Wildman–Crippen MR) is 72.6 cm³/mol. The molecule has 1 rings (SSSR count). The standard InChI is InChI=1S/C13H22N2O6/c1-13(20,7-10(16)17)8-14-12(19)15-6-4-3-5-9(15)11(18)21-2/h9,20H,3-8H2,1-2H3,(H,14,19)(H,16,17). The van der Waals surface area contributed by atoms with Crippen LogP contribution in [-0.4, -0.2) is 64.9 Å². The van der Waals surface area contributed by atoms with Crippen LogP contribution >= 0.6 is 0 Å². The van der Waals surface area contributed by atoms with Crippen LogP contribution < -0.4 is 5.32 Å². The molecule has 0 aromatic rings. The quantitative estimate of drug-likeness (QED) is 0.613. The second-order valence-corrected chi connectivity index (χ2v) is 5.45. The Labute approximate surface area is 123 Å². The van der Waals surface area contributed by atoms with E-state index in [2.05, 4.69) is 10.1 Å². The van der Waals surface area contributed by atoms with Crippen molar-refractivity contribution in [3.63, 3.8) is 0 Å². The molecule has 3 N–H and O–H groups in total. The number of carbonyl (C=O) groups is 3. The number of nitrogens with zero attached hydrogens (tertiary/aromatic N) is 1. The first kappa shape index (κ1) is 17.2. The van der Waals surface area contributed by atoms with E-state index >= 15 is 0 Å². The third kappa shape index (κ3) is 5.22. The van der Waals surface area contributed by atoms with E-state index in [4.69, 9.17) is 5.11 Å². The van der Waals surface area contributed by atoms with E-state index in [1.54, 1.807) is 0 Å². The number of carboxylic acids is 1. The summed E-state index contributed by atoms with van der Waals surface area (Å²) < 4.78 is 4.68. The molecule has 8 nitrogen and oxygen atoms in total. The van der Waals surface area contributed by atoms with Crippen molar-refractivity contribution in [2.45, 2.75) is 44.2 Å². The Balaban J connectivity index is 2.60. The molecule has 0 aromatic carbocycles. The SMILES string of the molecule is COC(=O)C1CCCCN1C(=O)NCC(C)(O)CC(=O)O. The van der Waals surface area contributed by atoms with Gasteiger partial charge in [-0.1, -0.05) is 0 Å². The minimum Gasteiger partial charge on any atom is -0.481 e. The number of nitrogens with one attached hydrogen (secondary N) is 1. The van der Waals surface area contributed by atoms with E-state index in [0.29, 0.717) is 13.0 Å². The van der Waals surface area contributed by atoms with Crippen LogP contribution in [0.25, 0.3) is 0 Å².